The highest BCUT2D eigenvalue weighted by molar-refractivity contribution is 8.24. The molecule has 1 heterocycles. The highest BCUT2D eigenvalue weighted by Gasteiger charge is 2.16. The van der Waals surface area contributed by atoms with Gasteiger partial charge < -0.3 is 4.74 Å². The van der Waals surface area contributed by atoms with Gasteiger partial charge in [-0.25, -0.2) is 0 Å². The van der Waals surface area contributed by atoms with E-state index in [2.05, 4.69) is 42.5 Å². The molecule has 0 unspecified atom stereocenters. The molecule has 0 bridgehead atoms. The van der Waals surface area contributed by atoms with Gasteiger partial charge in [-0.2, -0.15) is 0 Å². The summed E-state index contributed by atoms with van der Waals surface area (Å²) in [5.74, 6) is 0.896. The van der Waals surface area contributed by atoms with Crippen LogP contribution in [0.5, 0.6) is 5.75 Å². The summed E-state index contributed by atoms with van der Waals surface area (Å²) in [6.45, 7) is 0. The summed E-state index contributed by atoms with van der Waals surface area (Å²) < 4.78 is 6.48. The van der Waals surface area contributed by atoms with Gasteiger partial charge in [0.25, 0.3) is 0 Å². The predicted octanol–water partition coefficient (Wildman–Crippen LogP) is 4.89. The van der Waals surface area contributed by atoms with Gasteiger partial charge in [-0.3, -0.25) is 0 Å². The molecule has 0 N–H and O–H groups in total. The largest absolute Gasteiger partial charge is 0.497 e. The summed E-state index contributed by atoms with van der Waals surface area (Å²) in [6.07, 6.45) is 2.22. The van der Waals surface area contributed by atoms with Crippen LogP contribution in [-0.4, -0.2) is 7.11 Å². The number of fused-ring (bicyclic) bond motifs is 1. The van der Waals surface area contributed by atoms with E-state index in [1.807, 2.05) is 35.7 Å². The van der Waals surface area contributed by atoms with Crippen molar-refractivity contribution in [3.05, 3.63) is 58.3 Å². The third-order valence-electron chi connectivity index (χ3n) is 2.67. The highest BCUT2D eigenvalue weighted by Crippen LogP contribution is 2.51. The molecule has 0 saturated carbocycles. The molecule has 0 amide bonds. The van der Waals surface area contributed by atoms with E-state index in [4.69, 9.17) is 4.74 Å². The Balaban J connectivity index is 1.82. The van der Waals surface area contributed by atoms with Crippen LogP contribution < -0.4 is 4.74 Å². The van der Waals surface area contributed by atoms with Crippen LogP contribution >= 0.6 is 23.5 Å². The molecule has 2 aromatic rings. The van der Waals surface area contributed by atoms with Crippen molar-refractivity contribution in [1.29, 1.82) is 0 Å². The van der Waals surface area contributed by atoms with E-state index in [9.17, 15) is 0 Å². The molecular weight excluding hydrogens is 260 g/mol. The van der Waals surface area contributed by atoms with Gasteiger partial charge in [-0.1, -0.05) is 47.8 Å². The van der Waals surface area contributed by atoms with Crippen molar-refractivity contribution < 1.29 is 4.74 Å². The lowest BCUT2D eigenvalue weighted by atomic mass is 10.2. The van der Waals surface area contributed by atoms with E-state index >= 15 is 0 Å². The van der Waals surface area contributed by atoms with Crippen molar-refractivity contribution in [2.75, 3.05) is 7.11 Å². The number of rotatable bonds is 2. The number of thioether (sulfide) groups is 2. The fraction of sp³-hybridized carbons (Fsp3) is 0.0667. The van der Waals surface area contributed by atoms with Crippen LogP contribution in [0.1, 0.15) is 5.56 Å². The van der Waals surface area contributed by atoms with Gasteiger partial charge in [0.2, 0.25) is 0 Å². The molecule has 3 heteroatoms. The second kappa shape index (κ2) is 5.12. The summed E-state index contributed by atoms with van der Waals surface area (Å²) in [7, 11) is 1.69. The molecule has 0 aromatic heterocycles. The van der Waals surface area contributed by atoms with Crippen molar-refractivity contribution in [3.8, 4) is 5.75 Å². The second-order valence-electron chi connectivity index (χ2n) is 3.89. The lowest BCUT2D eigenvalue weighted by molar-refractivity contribution is 0.415. The number of methoxy groups -OCH3 is 1. The van der Waals surface area contributed by atoms with Gasteiger partial charge in [0.1, 0.15) is 5.75 Å². The first-order valence-corrected chi connectivity index (χ1v) is 7.29. The van der Waals surface area contributed by atoms with Crippen molar-refractivity contribution in [3.63, 3.8) is 0 Å². The molecule has 0 radical (unpaired) electrons. The average molecular weight is 272 g/mol. The van der Waals surface area contributed by atoms with Crippen LogP contribution in [0.2, 0.25) is 0 Å². The van der Waals surface area contributed by atoms with Crippen LogP contribution in [0.3, 0.4) is 0 Å². The Hall–Kier alpha value is -1.32. The predicted molar refractivity (Wildman–Crippen MR) is 79.1 cm³/mol. The molecule has 1 aliphatic rings. The molecule has 3 rings (SSSR count). The van der Waals surface area contributed by atoms with Crippen LogP contribution in [0.25, 0.3) is 6.08 Å². The first-order chi connectivity index (χ1) is 8.85. The van der Waals surface area contributed by atoms with E-state index in [-0.39, 0.29) is 0 Å². The lowest BCUT2D eigenvalue weighted by Gasteiger charge is -2.00. The van der Waals surface area contributed by atoms with E-state index in [0.717, 1.165) is 5.75 Å². The minimum Gasteiger partial charge on any atom is -0.497 e. The molecule has 0 atom stereocenters. The van der Waals surface area contributed by atoms with Crippen molar-refractivity contribution in [1.82, 2.24) is 0 Å². The molecule has 1 aliphatic heterocycles. The Labute approximate surface area is 115 Å². The zero-order chi connectivity index (χ0) is 12.4. The minimum absolute atomic E-state index is 0.896. The van der Waals surface area contributed by atoms with Crippen LogP contribution in [0.15, 0.2) is 62.6 Å². The summed E-state index contributed by atoms with van der Waals surface area (Å²) in [5.41, 5.74) is 1.21. The topological polar surface area (TPSA) is 9.23 Å². The molecule has 0 spiro atoms. The Morgan fingerprint density at radius 3 is 2.06 bits per heavy atom. The Kier molecular flexibility index (Phi) is 3.35. The molecule has 0 aliphatic carbocycles. The van der Waals surface area contributed by atoms with Crippen molar-refractivity contribution in [2.24, 2.45) is 0 Å². The lowest BCUT2D eigenvalue weighted by Crippen LogP contribution is -1.81. The fourth-order valence-electron chi connectivity index (χ4n) is 1.75. The van der Waals surface area contributed by atoms with Crippen molar-refractivity contribution in [2.45, 2.75) is 9.79 Å². The summed E-state index contributed by atoms with van der Waals surface area (Å²) in [5, 5.41) is 0. The number of ether oxygens (including phenoxy) is 1. The van der Waals surface area contributed by atoms with Crippen LogP contribution in [-0.2, 0) is 0 Å². The Morgan fingerprint density at radius 1 is 0.889 bits per heavy atom. The van der Waals surface area contributed by atoms with Gasteiger partial charge in [-0.15, -0.1) is 0 Å². The highest BCUT2D eigenvalue weighted by atomic mass is 32.2. The van der Waals surface area contributed by atoms with Gasteiger partial charge in [0, 0.05) is 9.79 Å². The smallest absolute Gasteiger partial charge is 0.118 e. The van der Waals surface area contributed by atoms with E-state index in [1.165, 1.54) is 19.6 Å². The van der Waals surface area contributed by atoms with Crippen LogP contribution in [0, 0.1) is 0 Å². The maximum Gasteiger partial charge on any atom is 0.118 e. The zero-order valence-electron chi connectivity index (χ0n) is 9.92. The van der Waals surface area contributed by atoms with Crippen molar-refractivity contribution >= 4 is 29.6 Å². The third kappa shape index (κ3) is 2.42. The van der Waals surface area contributed by atoms with Gasteiger partial charge >= 0.3 is 0 Å². The fourth-order valence-corrected chi connectivity index (χ4v) is 4.16. The summed E-state index contributed by atoms with van der Waals surface area (Å²) >= 11 is 3.67. The molecule has 90 valence electrons. The average Bonchev–Trinajstić information content (AvgIpc) is 2.82. The second-order valence-corrected chi connectivity index (χ2v) is 6.31. The molecular formula is C15H12OS2. The van der Waals surface area contributed by atoms with Crippen LogP contribution in [0.4, 0.5) is 0 Å². The summed E-state index contributed by atoms with van der Waals surface area (Å²) in [4.78, 5) is 2.70. The van der Waals surface area contributed by atoms with E-state index in [1.54, 1.807) is 7.11 Å². The third-order valence-corrected chi connectivity index (χ3v) is 5.09. The maximum atomic E-state index is 5.16. The first kappa shape index (κ1) is 11.8. The SMILES string of the molecule is COc1ccc(C=C2Sc3ccccc3S2)cc1. The molecule has 18 heavy (non-hydrogen) atoms. The quantitative estimate of drug-likeness (QED) is 0.770. The minimum atomic E-state index is 0.896. The molecule has 0 fully saturated rings. The Bertz CT molecular complexity index is 561. The standard InChI is InChI=1S/C15H12OS2/c1-16-12-8-6-11(7-9-12)10-15-17-13-4-2-3-5-14(13)18-15/h2-10H,1H3. The van der Waals surface area contributed by atoms with E-state index < -0.39 is 0 Å². The number of hydrogen-bond donors (Lipinski definition) is 0. The normalized spacial score (nSPS) is 13.3. The van der Waals surface area contributed by atoms with Gasteiger partial charge in [-0.05, 0) is 35.9 Å². The Morgan fingerprint density at radius 2 is 1.50 bits per heavy atom. The maximum absolute atomic E-state index is 5.16. The molecule has 2 aromatic carbocycles. The molecule has 0 saturated heterocycles. The molecule has 1 nitrogen and oxygen atoms in total. The zero-order valence-corrected chi connectivity index (χ0v) is 11.6. The first-order valence-electron chi connectivity index (χ1n) is 5.65. The summed E-state index contributed by atoms with van der Waals surface area (Å²) in [6, 6.07) is 16.6. The van der Waals surface area contributed by atoms with E-state index in [0.29, 0.717) is 0 Å². The number of benzene rings is 2. The number of hydrogen-bond acceptors (Lipinski definition) is 3. The van der Waals surface area contributed by atoms with Gasteiger partial charge in [0.05, 0.1) is 11.3 Å². The monoisotopic (exact) mass is 272 g/mol. The van der Waals surface area contributed by atoms with Gasteiger partial charge in [0.15, 0.2) is 0 Å².